The number of carboxylic acids is 1. The summed E-state index contributed by atoms with van der Waals surface area (Å²) in [5, 5.41) is 17.5. The third kappa shape index (κ3) is 5.94. The molecule has 2 atom stereocenters. The van der Waals surface area contributed by atoms with E-state index >= 15 is 0 Å². The van der Waals surface area contributed by atoms with Gasteiger partial charge in [0.1, 0.15) is 0 Å². The molecule has 0 radical (unpaired) electrons. The largest absolute Gasteiger partial charge is 0.477 e. The number of aliphatic hydroxyl groups excluding tert-OH is 1. The van der Waals surface area contributed by atoms with Gasteiger partial charge in [-0.2, -0.15) is 0 Å². The van der Waals surface area contributed by atoms with Crippen molar-refractivity contribution in [1.29, 1.82) is 0 Å². The Hall–Kier alpha value is -0.610. The van der Waals surface area contributed by atoms with E-state index in [-0.39, 0.29) is 6.10 Å². The SMILES string of the molecule is CCCCC(CCC)OC(O)C(=O)O. The van der Waals surface area contributed by atoms with Crippen LogP contribution in [0.3, 0.4) is 0 Å². The number of ether oxygens (including phenoxy) is 1. The Morgan fingerprint density at radius 3 is 2.36 bits per heavy atom. The van der Waals surface area contributed by atoms with E-state index in [4.69, 9.17) is 14.9 Å². The molecule has 0 bridgehead atoms. The molecule has 2 N–H and O–H groups in total. The zero-order valence-electron chi connectivity index (χ0n) is 8.90. The van der Waals surface area contributed by atoms with Crippen molar-refractivity contribution in [3.05, 3.63) is 0 Å². The second-order valence-corrected chi connectivity index (χ2v) is 3.38. The Morgan fingerprint density at radius 1 is 1.29 bits per heavy atom. The highest BCUT2D eigenvalue weighted by molar-refractivity contribution is 5.70. The molecule has 84 valence electrons. The molecule has 0 saturated carbocycles. The molecule has 14 heavy (non-hydrogen) atoms. The predicted octanol–water partition coefficient (Wildman–Crippen LogP) is 1.76. The topological polar surface area (TPSA) is 66.8 Å². The lowest BCUT2D eigenvalue weighted by Gasteiger charge is -2.18. The van der Waals surface area contributed by atoms with Gasteiger partial charge in [0.05, 0.1) is 6.10 Å². The quantitative estimate of drug-likeness (QED) is 0.591. The summed E-state index contributed by atoms with van der Waals surface area (Å²) in [5.41, 5.74) is 0. The minimum atomic E-state index is -1.68. The van der Waals surface area contributed by atoms with Crippen molar-refractivity contribution in [2.75, 3.05) is 0 Å². The molecule has 2 unspecified atom stereocenters. The molecule has 0 aliphatic heterocycles. The first-order valence-electron chi connectivity index (χ1n) is 5.18. The summed E-state index contributed by atoms with van der Waals surface area (Å²) in [7, 11) is 0. The van der Waals surface area contributed by atoms with Crippen LogP contribution in [0.1, 0.15) is 46.0 Å². The number of carboxylic acid groups (broad SMARTS) is 1. The lowest BCUT2D eigenvalue weighted by Crippen LogP contribution is -2.29. The first kappa shape index (κ1) is 13.4. The molecular weight excluding hydrogens is 184 g/mol. The molecule has 0 aromatic carbocycles. The van der Waals surface area contributed by atoms with Gasteiger partial charge in [-0.1, -0.05) is 33.1 Å². The van der Waals surface area contributed by atoms with Crippen LogP contribution in [0.4, 0.5) is 0 Å². The Morgan fingerprint density at radius 2 is 1.93 bits per heavy atom. The van der Waals surface area contributed by atoms with Gasteiger partial charge >= 0.3 is 5.97 Å². The summed E-state index contributed by atoms with van der Waals surface area (Å²) >= 11 is 0. The van der Waals surface area contributed by atoms with E-state index in [0.29, 0.717) is 0 Å². The Labute approximate surface area is 84.9 Å². The monoisotopic (exact) mass is 204 g/mol. The number of carbonyl (C=O) groups is 1. The van der Waals surface area contributed by atoms with E-state index in [0.717, 1.165) is 32.1 Å². The lowest BCUT2D eigenvalue weighted by atomic mass is 10.1. The third-order valence-corrected chi connectivity index (χ3v) is 2.02. The minimum absolute atomic E-state index is 0.133. The van der Waals surface area contributed by atoms with Gasteiger partial charge < -0.3 is 14.9 Å². The summed E-state index contributed by atoms with van der Waals surface area (Å²) in [4.78, 5) is 10.3. The van der Waals surface area contributed by atoms with E-state index in [1.807, 2.05) is 6.92 Å². The van der Waals surface area contributed by atoms with Crippen molar-refractivity contribution in [3.63, 3.8) is 0 Å². The van der Waals surface area contributed by atoms with Crippen molar-refractivity contribution in [2.45, 2.75) is 58.3 Å². The average Bonchev–Trinajstić information content (AvgIpc) is 2.14. The molecule has 0 aromatic rings. The molecule has 0 aromatic heterocycles. The van der Waals surface area contributed by atoms with Crippen LogP contribution >= 0.6 is 0 Å². The summed E-state index contributed by atoms with van der Waals surface area (Å²) in [6.07, 6.45) is 2.78. The normalized spacial score (nSPS) is 15.1. The number of unbranched alkanes of at least 4 members (excludes halogenated alkanes) is 1. The highest BCUT2D eigenvalue weighted by Crippen LogP contribution is 2.12. The zero-order valence-corrected chi connectivity index (χ0v) is 8.90. The Bertz CT molecular complexity index is 158. The standard InChI is InChI=1S/C10H20O4/c1-3-5-7-8(6-4-2)14-10(13)9(11)12/h8,10,13H,3-7H2,1-2H3,(H,11,12). The van der Waals surface area contributed by atoms with Crippen molar-refractivity contribution < 1.29 is 19.7 Å². The molecule has 0 aliphatic carbocycles. The third-order valence-electron chi connectivity index (χ3n) is 2.02. The molecule has 4 heteroatoms. The van der Waals surface area contributed by atoms with Gasteiger partial charge in [-0.15, -0.1) is 0 Å². The van der Waals surface area contributed by atoms with Crippen molar-refractivity contribution in [3.8, 4) is 0 Å². The van der Waals surface area contributed by atoms with Gasteiger partial charge in [0, 0.05) is 0 Å². The van der Waals surface area contributed by atoms with E-state index in [9.17, 15) is 4.79 Å². The first-order valence-corrected chi connectivity index (χ1v) is 5.18. The fourth-order valence-electron chi connectivity index (χ4n) is 1.27. The molecule has 0 aliphatic rings. The molecule has 4 nitrogen and oxygen atoms in total. The van der Waals surface area contributed by atoms with Crippen LogP contribution in [-0.2, 0) is 9.53 Å². The number of hydrogen-bond donors (Lipinski definition) is 2. The van der Waals surface area contributed by atoms with Gasteiger partial charge in [0.2, 0.25) is 0 Å². The van der Waals surface area contributed by atoms with Crippen LogP contribution in [-0.4, -0.2) is 28.6 Å². The van der Waals surface area contributed by atoms with Gasteiger partial charge in [-0.25, -0.2) is 4.79 Å². The molecule has 0 amide bonds. The van der Waals surface area contributed by atoms with Gasteiger partial charge in [-0.05, 0) is 12.8 Å². The Kier molecular flexibility index (Phi) is 7.42. The maximum absolute atomic E-state index is 10.3. The molecule has 0 heterocycles. The highest BCUT2D eigenvalue weighted by atomic mass is 16.6. The van der Waals surface area contributed by atoms with Crippen molar-refractivity contribution in [1.82, 2.24) is 0 Å². The molecular formula is C10H20O4. The van der Waals surface area contributed by atoms with Crippen molar-refractivity contribution >= 4 is 5.97 Å². The summed E-state index contributed by atoms with van der Waals surface area (Å²) in [6, 6.07) is 0. The fourth-order valence-corrected chi connectivity index (χ4v) is 1.27. The zero-order chi connectivity index (χ0) is 11.0. The number of rotatable bonds is 8. The van der Waals surface area contributed by atoms with Crippen LogP contribution in [0, 0.1) is 0 Å². The second-order valence-electron chi connectivity index (χ2n) is 3.38. The summed E-state index contributed by atoms with van der Waals surface area (Å²) < 4.78 is 5.01. The van der Waals surface area contributed by atoms with Crippen LogP contribution in [0.5, 0.6) is 0 Å². The summed E-state index contributed by atoms with van der Waals surface area (Å²) in [5.74, 6) is -1.32. The number of aliphatic hydroxyl groups is 1. The van der Waals surface area contributed by atoms with Gasteiger partial charge in [0.15, 0.2) is 0 Å². The summed E-state index contributed by atoms with van der Waals surface area (Å²) in [6.45, 7) is 4.08. The smallest absolute Gasteiger partial charge is 0.360 e. The number of hydrogen-bond acceptors (Lipinski definition) is 3. The average molecular weight is 204 g/mol. The molecule has 0 rings (SSSR count). The van der Waals surface area contributed by atoms with E-state index in [1.54, 1.807) is 0 Å². The van der Waals surface area contributed by atoms with Gasteiger partial charge in [-0.3, -0.25) is 0 Å². The number of aliphatic carboxylic acids is 1. The lowest BCUT2D eigenvalue weighted by molar-refractivity contribution is -0.187. The van der Waals surface area contributed by atoms with Gasteiger partial charge in [0.25, 0.3) is 6.29 Å². The van der Waals surface area contributed by atoms with Crippen LogP contribution in [0.15, 0.2) is 0 Å². The van der Waals surface area contributed by atoms with Crippen molar-refractivity contribution in [2.24, 2.45) is 0 Å². The first-order chi connectivity index (χ1) is 6.61. The maximum Gasteiger partial charge on any atom is 0.360 e. The minimum Gasteiger partial charge on any atom is -0.477 e. The second kappa shape index (κ2) is 7.76. The molecule has 0 fully saturated rings. The van der Waals surface area contributed by atoms with Crippen LogP contribution < -0.4 is 0 Å². The van der Waals surface area contributed by atoms with E-state index in [2.05, 4.69) is 6.92 Å². The Balaban J connectivity index is 3.87. The van der Waals surface area contributed by atoms with Crippen LogP contribution in [0.2, 0.25) is 0 Å². The maximum atomic E-state index is 10.3. The molecule has 0 spiro atoms. The molecule has 0 saturated heterocycles. The fraction of sp³-hybridized carbons (Fsp3) is 0.900. The predicted molar refractivity (Wildman–Crippen MR) is 52.9 cm³/mol. The van der Waals surface area contributed by atoms with E-state index < -0.39 is 12.3 Å². The van der Waals surface area contributed by atoms with E-state index in [1.165, 1.54) is 0 Å². The van der Waals surface area contributed by atoms with Crippen LogP contribution in [0.25, 0.3) is 0 Å². The highest BCUT2D eigenvalue weighted by Gasteiger charge is 2.19.